The summed E-state index contributed by atoms with van der Waals surface area (Å²) in [6, 6.07) is 0. The van der Waals surface area contributed by atoms with Crippen LogP contribution in [0.1, 0.15) is 0 Å². The average Bonchev–Trinajstić information content (AvgIpc) is 1.85. The highest BCUT2D eigenvalue weighted by Crippen LogP contribution is 2.21. The van der Waals surface area contributed by atoms with Gasteiger partial charge in [0.15, 0.2) is 0 Å². The molecule has 0 heterocycles. The van der Waals surface area contributed by atoms with Crippen LogP contribution in [0.5, 0.6) is 0 Å². The average molecular weight is 276 g/mol. The third-order valence-electron chi connectivity index (χ3n) is 0.484. The lowest BCUT2D eigenvalue weighted by molar-refractivity contribution is 0.757. The largest absolute Gasteiger partial charge is 0.247 e. The minimum Gasteiger partial charge on any atom is -0.247 e. The summed E-state index contributed by atoms with van der Waals surface area (Å²) in [7, 11) is 0. The summed E-state index contributed by atoms with van der Waals surface area (Å²) in [6.45, 7) is 0. The van der Waals surface area contributed by atoms with E-state index in [1.54, 1.807) is 0 Å². The lowest BCUT2D eigenvalue weighted by Gasteiger charge is -2.01. The van der Waals surface area contributed by atoms with Gasteiger partial charge in [-0.05, 0) is 0 Å². The Labute approximate surface area is 94.8 Å². The SMILES string of the molecule is ClC(Cl)CSOSCC(Cl)Cl. The summed E-state index contributed by atoms with van der Waals surface area (Å²) in [5.74, 6) is 1.07. The molecule has 0 aromatic heterocycles. The second kappa shape index (κ2) is 8.42. The first-order chi connectivity index (χ1) is 5.13. The van der Waals surface area contributed by atoms with Crippen LogP contribution < -0.4 is 0 Å². The van der Waals surface area contributed by atoms with Crippen molar-refractivity contribution in [1.82, 2.24) is 0 Å². The van der Waals surface area contributed by atoms with Crippen molar-refractivity contribution in [2.75, 3.05) is 11.5 Å². The maximum atomic E-state index is 5.42. The monoisotopic (exact) mass is 274 g/mol. The van der Waals surface area contributed by atoms with Crippen LogP contribution in [-0.2, 0) is 3.63 Å². The highest BCUT2D eigenvalue weighted by Gasteiger charge is 2.02. The Bertz CT molecular complexity index is 82.2. The Balaban J connectivity index is 2.91. The summed E-state index contributed by atoms with van der Waals surface area (Å²) in [5.41, 5.74) is 0. The molecule has 0 saturated heterocycles. The second-order valence-corrected chi connectivity index (χ2v) is 5.66. The lowest BCUT2D eigenvalue weighted by atomic mass is 10.9. The Morgan fingerprint density at radius 2 is 1.27 bits per heavy atom. The van der Waals surface area contributed by atoms with E-state index in [0.717, 1.165) is 0 Å². The van der Waals surface area contributed by atoms with Gasteiger partial charge in [0.25, 0.3) is 0 Å². The first-order valence-electron chi connectivity index (χ1n) is 2.60. The molecule has 0 atom stereocenters. The molecule has 0 fully saturated rings. The zero-order valence-electron chi connectivity index (χ0n) is 5.31. The quantitative estimate of drug-likeness (QED) is 0.413. The van der Waals surface area contributed by atoms with Crippen molar-refractivity contribution in [3.8, 4) is 0 Å². The fourth-order valence-electron chi connectivity index (χ4n) is 0.192. The minimum atomic E-state index is -0.400. The van der Waals surface area contributed by atoms with Gasteiger partial charge in [0, 0.05) is 24.1 Å². The predicted molar refractivity (Wildman–Crippen MR) is 57.0 cm³/mol. The Morgan fingerprint density at radius 3 is 1.55 bits per heavy atom. The molecule has 0 unspecified atom stereocenters. The van der Waals surface area contributed by atoms with E-state index in [4.69, 9.17) is 50.0 Å². The minimum absolute atomic E-state index is 0.400. The smallest absolute Gasteiger partial charge is 0.119 e. The number of alkyl halides is 4. The van der Waals surface area contributed by atoms with Gasteiger partial charge in [0.1, 0.15) is 9.67 Å². The maximum Gasteiger partial charge on any atom is 0.119 e. The third-order valence-corrected chi connectivity index (χ3v) is 3.54. The van der Waals surface area contributed by atoms with Gasteiger partial charge in [-0.2, -0.15) is 0 Å². The van der Waals surface area contributed by atoms with Crippen LogP contribution in [0.15, 0.2) is 0 Å². The van der Waals surface area contributed by atoms with Crippen molar-refractivity contribution >= 4 is 70.5 Å². The van der Waals surface area contributed by atoms with Gasteiger partial charge in [-0.1, -0.05) is 0 Å². The molecule has 0 saturated carbocycles. The van der Waals surface area contributed by atoms with E-state index in [1.807, 2.05) is 0 Å². The molecule has 68 valence electrons. The first-order valence-corrected chi connectivity index (χ1v) is 6.17. The Morgan fingerprint density at radius 1 is 0.909 bits per heavy atom. The van der Waals surface area contributed by atoms with Gasteiger partial charge in [0.2, 0.25) is 0 Å². The second-order valence-electron chi connectivity index (χ2n) is 1.42. The first kappa shape index (κ1) is 12.8. The molecule has 0 aliphatic carbocycles. The van der Waals surface area contributed by atoms with E-state index < -0.39 is 9.67 Å². The van der Waals surface area contributed by atoms with E-state index in [9.17, 15) is 0 Å². The van der Waals surface area contributed by atoms with Crippen molar-refractivity contribution in [2.45, 2.75) is 9.67 Å². The Hall–Kier alpha value is 1.82. The number of hydrogen-bond donors (Lipinski definition) is 0. The molecule has 7 heteroatoms. The third kappa shape index (κ3) is 11.8. The summed E-state index contributed by atoms with van der Waals surface area (Å²) in [4.78, 5) is -0.799. The molecule has 0 aromatic rings. The molecular formula is C4H6Cl4OS2. The summed E-state index contributed by atoms with van der Waals surface area (Å²) < 4.78 is 4.95. The van der Waals surface area contributed by atoms with Crippen LogP contribution in [0.3, 0.4) is 0 Å². The van der Waals surface area contributed by atoms with Crippen LogP contribution in [0.4, 0.5) is 0 Å². The molecule has 0 radical (unpaired) electrons. The summed E-state index contributed by atoms with van der Waals surface area (Å²) in [5, 5.41) is 0. The molecular weight excluding hydrogens is 270 g/mol. The van der Waals surface area contributed by atoms with Crippen molar-refractivity contribution in [1.29, 1.82) is 0 Å². The zero-order valence-corrected chi connectivity index (χ0v) is 9.96. The maximum absolute atomic E-state index is 5.42. The zero-order chi connectivity index (χ0) is 8.69. The van der Waals surface area contributed by atoms with Gasteiger partial charge in [-0.25, -0.2) is 3.63 Å². The highest BCUT2D eigenvalue weighted by atomic mass is 35.5. The Kier molecular flexibility index (Phi) is 9.81. The van der Waals surface area contributed by atoms with E-state index in [1.165, 1.54) is 24.1 Å². The lowest BCUT2D eigenvalue weighted by Crippen LogP contribution is -1.92. The van der Waals surface area contributed by atoms with Crippen LogP contribution in [0.2, 0.25) is 0 Å². The fraction of sp³-hybridized carbons (Fsp3) is 1.00. The van der Waals surface area contributed by atoms with Gasteiger partial charge in [0.05, 0.1) is 11.5 Å². The van der Waals surface area contributed by atoms with E-state index in [-0.39, 0.29) is 0 Å². The summed E-state index contributed by atoms with van der Waals surface area (Å²) in [6.07, 6.45) is 0. The van der Waals surface area contributed by atoms with Crippen LogP contribution in [0, 0.1) is 0 Å². The van der Waals surface area contributed by atoms with Crippen molar-refractivity contribution < 1.29 is 3.63 Å². The van der Waals surface area contributed by atoms with Crippen LogP contribution >= 0.6 is 70.5 Å². The van der Waals surface area contributed by atoms with Crippen molar-refractivity contribution in [2.24, 2.45) is 0 Å². The number of halogens is 4. The predicted octanol–water partition coefficient (Wildman–Crippen LogP) is 3.91. The molecule has 1 nitrogen and oxygen atoms in total. The standard InChI is InChI=1S/C4H6Cl4OS2/c5-3(6)1-10-9-11-2-4(7)8/h3-4H,1-2H2. The molecule has 0 bridgehead atoms. The fourth-order valence-corrected chi connectivity index (χ4v) is 1.73. The normalized spacial score (nSPS) is 11.5. The molecule has 0 N–H and O–H groups in total. The van der Waals surface area contributed by atoms with Gasteiger partial charge < -0.3 is 0 Å². The van der Waals surface area contributed by atoms with E-state index in [2.05, 4.69) is 0 Å². The molecule has 0 aliphatic rings. The van der Waals surface area contributed by atoms with E-state index >= 15 is 0 Å². The number of hydrogen-bond acceptors (Lipinski definition) is 3. The molecule has 0 amide bonds. The molecule has 11 heavy (non-hydrogen) atoms. The highest BCUT2D eigenvalue weighted by molar-refractivity contribution is 8.08. The summed E-state index contributed by atoms with van der Waals surface area (Å²) >= 11 is 24.1. The van der Waals surface area contributed by atoms with Gasteiger partial charge in [-0.3, -0.25) is 0 Å². The van der Waals surface area contributed by atoms with Crippen molar-refractivity contribution in [3.63, 3.8) is 0 Å². The van der Waals surface area contributed by atoms with Crippen LogP contribution in [-0.4, -0.2) is 21.2 Å². The van der Waals surface area contributed by atoms with Gasteiger partial charge >= 0.3 is 0 Å². The number of rotatable bonds is 6. The van der Waals surface area contributed by atoms with Gasteiger partial charge in [-0.15, -0.1) is 46.4 Å². The van der Waals surface area contributed by atoms with E-state index in [0.29, 0.717) is 11.5 Å². The van der Waals surface area contributed by atoms with Crippen molar-refractivity contribution in [3.05, 3.63) is 0 Å². The topological polar surface area (TPSA) is 9.23 Å². The van der Waals surface area contributed by atoms with Crippen LogP contribution in [0.25, 0.3) is 0 Å². The molecule has 0 spiro atoms. The molecule has 0 aromatic carbocycles. The molecule has 0 rings (SSSR count). The molecule has 0 aliphatic heterocycles.